The molecular formula is C5H4F5N3. The summed E-state index contributed by atoms with van der Waals surface area (Å²) in [7, 11) is 0. The topological polar surface area (TPSA) is 54.7 Å². The van der Waals surface area contributed by atoms with Gasteiger partial charge < -0.3 is 10.7 Å². The average Bonchev–Trinajstić information content (AvgIpc) is 2.33. The molecule has 13 heavy (non-hydrogen) atoms. The van der Waals surface area contributed by atoms with Crippen molar-refractivity contribution in [2.75, 3.05) is 5.73 Å². The molecule has 0 amide bonds. The van der Waals surface area contributed by atoms with Gasteiger partial charge in [-0.3, -0.25) is 0 Å². The number of nitrogens with zero attached hydrogens (tertiary/aromatic N) is 1. The van der Waals surface area contributed by atoms with Crippen LogP contribution >= 0.6 is 0 Å². The predicted octanol–water partition coefficient (Wildman–Crippen LogP) is 1.65. The first-order chi connectivity index (χ1) is 5.75. The molecule has 8 heteroatoms. The highest BCUT2D eigenvalue weighted by Gasteiger charge is 2.59. The van der Waals surface area contributed by atoms with E-state index in [0.29, 0.717) is 6.20 Å². The molecule has 1 aromatic heterocycles. The van der Waals surface area contributed by atoms with Gasteiger partial charge >= 0.3 is 12.1 Å². The molecule has 0 atom stereocenters. The second kappa shape index (κ2) is 2.57. The molecule has 1 aromatic rings. The molecule has 0 bridgehead atoms. The predicted molar refractivity (Wildman–Crippen MR) is 32.9 cm³/mol. The number of hydrogen-bond donors (Lipinski definition) is 2. The number of hydrogen-bond acceptors (Lipinski definition) is 2. The molecule has 0 saturated carbocycles. The van der Waals surface area contributed by atoms with Gasteiger partial charge in [0, 0.05) is 0 Å². The summed E-state index contributed by atoms with van der Waals surface area (Å²) < 4.78 is 59.9. The van der Waals surface area contributed by atoms with Gasteiger partial charge in [-0.15, -0.1) is 0 Å². The number of imidazole rings is 1. The van der Waals surface area contributed by atoms with Gasteiger partial charge in [0.15, 0.2) is 5.95 Å². The minimum Gasteiger partial charge on any atom is -0.369 e. The second-order valence-corrected chi connectivity index (χ2v) is 2.25. The summed E-state index contributed by atoms with van der Waals surface area (Å²) >= 11 is 0. The fraction of sp³-hybridized carbons (Fsp3) is 0.400. The van der Waals surface area contributed by atoms with Crippen LogP contribution in [0.3, 0.4) is 0 Å². The molecule has 0 aliphatic heterocycles. The van der Waals surface area contributed by atoms with Gasteiger partial charge in [-0.25, -0.2) is 4.98 Å². The standard InChI is InChI=1S/C5H4F5N3/c6-4(7,5(8,9)10)2-1-12-3(11)13-2/h1H,(H3,11,12,13). The van der Waals surface area contributed by atoms with Crippen LogP contribution in [0.15, 0.2) is 6.20 Å². The first-order valence-corrected chi connectivity index (χ1v) is 3.00. The van der Waals surface area contributed by atoms with Crippen LogP contribution in [0.2, 0.25) is 0 Å². The molecule has 0 radical (unpaired) electrons. The molecular weight excluding hydrogens is 197 g/mol. The van der Waals surface area contributed by atoms with Gasteiger partial charge in [-0.05, 0) is 0 Å². The van der Waals surface area contributed by atoms with Crippen molar-refractivity contribution in [3.8, 4) is 0 Å². The first-order valence-electron chi connectivity index (χ1n) is 3.00. The first kappa shape index (κ1) is 9.75. The SMILES string of the molecule is Nc1ncc(C(F)(F)C(F)(F)F)[nH]1. The third kappa shape index (κ3) is 1.56. The summed E-state index contributed by atoms with van der Waals surface area (Å²) in [5, 5.41) is 0. The largest absolute Gasteiger partial charge is 0.459 e. The third-order valence-electron chi connectivity index (χ3n) is 1.29. The zero-order valence-corrected chi connectivity index (χ0v) is 5.99. The van der Waals surface area contributed by atoms with Crippen LogP contribution in [0.5, 0.6) is 0 Å². The number of nitrogens with two attached hydrogens (primary N) is 1. The zero-order chi connectivity index (χ0) is 10.3. The minimum absolute atomic E-state index is 0.350. The lowest BCUT2D eigenvalue weighted by Gasteiger charge is -2.17. The molecule has 0 unspecified atom stereocenters. The number of anilines is 1. The summed E-state index contributed by atoms with van der Waals surface area (Å²) in [5.74, 6) is -5.43. The Morgan fingerprint density at radius 1 is 1.23 bits per heavy atom. The highest BCUT2D eigenvalue weighted by Crippen LogP contribution is 2.42. The van der Waals surface area contributed by atoms with Crippen molar-refractivity contribution in [3.63, 3.8) is 0 Å². The number of aromatic amines is 1. The zero-order valence-electron chi connectivity index (χ0n) is 5.99. The summed E-state index contributed by atoms with van der Waals surface area (Å²) in [6, 6.07) is 0. The average molecular weight is 201 g/mol. The Morgan fingerprint density at radius 3 is 2.08 bits per heavy atom. The van der Waals surface area contributed by atoms with E-state index >= 15 is 0 Å². The van der Waals surface area contributed by atoms with Crippen LogP contribution in [0.4, 0.5) is 27.9 Å². The number of H-pyrrole nitrogens is 1. The molecule has 74 valence electrons. The van der Waals surface area contributed by atoms with Gasteiger partial charge in [0.2, 0.25) is 0 Å². The van der Waals surface area contributed by atoms with E-state index in [-0.39, 0.29) is 0 Å². The number of nitrogen functional groups attached to an aromatic ring is 1. The highest BCUT2D eigenvalue weighted by molar-refractivity contribution is 5.22. The Balaban J connectivity index is 3.07. The maximum absolute atomic E-state index is 12.4. The number of aromatic nitrogens is 2. The van der Waals surface area contributed by atoms with Gasteiger partial charge in [-0.2, -0.15) is 22.0 Å². The van der Waals surface area contributed by atoms with Gasteiger partial charge in [0.25, 0.3) is 0 Å². The lowest BCUT2D eigenvalue weighted by Crippen LogP contribution is -2.33. The lowest BCUT2D eigenvalue weighted by atomic mass is 10.2. The number of rotatable bonds is 1. The van der Waals surface area contributed by atoms with Crippen molar-refractivity contribution in [2.24, 2.45) is 0 Å². The molecule has 0 aliphatic carbocycles. The van der Waals surface area contributed by atoms with Crippen molar-refractivity contribution >= 4 is 5.95 Å². The Hall–Kier alpha value is -1.34. The fourth-order valence-corrected chi connectivity index (χ4v) is 0.649. The van der Waals surface area contributed by atoms with Crippen molar-refractivity contribution in [1.29, 1.82) is 0 Å². The van der Waals surface area contributed by atoms with E-state index in [0.717, 1.165) is 0 Å². The van der Waals surface area contributed by atoms with Crippen molar-refractivity contribution < 1.29 is 22.0 Å². The normalized spacial score (nSPS) is 13.3. The molecule has 1 rings (SSSR count). The quantitative estimate of drug-likeness (QED) is 0.678. The molecule has 3 nitrogen and oxygen atoms in total. The van der Waals surface area contributed by atoms with Crippen LogP contribution in [-0.2, 0) is 5.92 Å². The number of alkyl halides is 5. The van der Waals surface area contributed by atoms with E-state index in [2.05, 4.69) is 4.98 Å². The van der Waals surface area contributed by atoms with E-state index in [4.69, 9.17) is 5.73 Å². The fourth-order valence-electron chi connectivity index (χ4n) is 0.649. The second-order valence-electron chi connectivity index (χ2n) is 2.25. The number of nitrogens with one attached hydrogen (secondary N) is 1. The van der Waals surface area contributed by atoms with Gasteiger partial charge in [0.1, 0.15) is 5.69 Å². The Kier molecular flexibility index (Phi) is 1.93. The Bertz CT molecular complexity index is 301. The summed E-state index contributed by atoms with van der Waals surface area (Å²) in [6.45, 7) is 0. The molecule has 0 fully saturated rings. The molecule has 0 saturated heterocycles. The third-order valence-corrected chi connectivity index (χ3v) is 1.29. The maximum atomic E-state index is 12.4. The van der Waals surface area contributed by atoms with Crippen LogP contribution in [-0.4, -0.2) is 16.1 Å². The van der Waals surface area contributed by atoms with E-state index in [1.807, 2.05) is 0 Å². The van der Waals surface area contributed by atoms with Crippen LogP contribution in [0, 0.1) is 0 Å². The van der Waals surface area contributed by atoms with Gasteiger partial charge in [-0.1, -0.05) is 0 Å². The van der Waals surface area contributed by atoms with E-state index in [9.17, 15) is 22.0 Å². The van der Waals surface area contributed by atoms with Crippen LogP contribution in [0.25, 0.3) is 0 Å². The van der Waals surface area contributed by atoms with Crippen LogP contribution < -0.4 is 5.73 Å². The van der Waals surface area contributed by atoms with Gasteiger partial charge in [0.05, 0.1) is 6.20 Å². The monoisotopic (exact) mass is 201 g/mol. The van der Waals surface area contributed by atoms with E-state index in [1.54, 1.807) is 4.98 Å². The minimum atomic E-state index is -5.65. The molecule has 0 aromatic carbocycles. The van der Waals surface area contributed by atoms with Crippen molar-refractivity contribution in [2.45, 2.75) is 12.1 Å². The Morgan fingerprint density at radius 2 is 1.77 bits per heavy atom. The smallest absolute Gasteiger partial charge is 0.369 e. The molecule has 0 aliphatic rings. The molecule has 0 spiro atoms. The maximum Gasteiger partial charge on any atom is 0.459 e. The summed E-state index contributed by atoms with van der Waals surface area (Å²) in [4.78, 5) is 4.66. The summed E-state index contributed by atoms with van der Waals surface area (Å²) in [6.07, 6.45) is -5.30. The van der Waals surface area contributed by atoms with Crippen molar-refractivity contribution in [3.05, 3.63) is 11.9 Å². The Labute approximate surface area is 68.8 Å². The van der Waals surface area contributed by atoms with E-state index in [1.165, 1.54) is 0 Å². The molecule has 1 heterocycles. The highest BCUT2D eigenvalue weighted by atomic mass is 19.4. The molecule has 3 N–H and O–H groups in total. The van der Waals surface area contributed by atoms with E-state index < -0.39 is 23.7 Å². The summed E-state index contributed by atoms with van der Waals surface area (Å²) in [5.41, 5.74) is 3.49. The number of halogens is 5. The van der Waals surface area contributed by atoms with Crippen LogP contribution in [0.1, 0.15) is 5.69 Å². The van der Waals surface area contributed by atoms with Crippen molar-refractivity contribution in [1.82, 2.24) is 9.97 Å². The lowest BCUT2D eigenvalue weighted by molar-refractivity contribution is -0.290.